The Morgan fingerprint density at radius 2 is 1.77 bits per heavy atom. The lowest BCUT2D eigenvalue weighted by Gasteiger charge is -2.20. The molecule has 1 heterocycles. The predicted octanol–water partition coefficient (Wildman–Crippen LogP) is 4.77. The highest BCUT2D eigenvalue weighted by Gasteiger charge is 2.16. The fourth-order valence-electron chi connectivity index (χ4n) is 3.08. The summed E-state index contributed by atoms with van der Waals surface area (Å²) < 4.78 is 7.10. The van der Waals surface area contributed by atoms with Crippen LogP contribution in [0.25, 0.3) is 10.2 Å². The van der Waals surface area contributed by atoms with Crippen LogP contribution in [0.5, 0.6) is 0 Å². The van der Waals surface area contributed by atoms with Crippen LogP contribution in [0, 0.1) is 0 Å². The second kappa shape index (κ2) is 9.64. The first-order valence-corrected chi connectivity index (χ1v) is 10.9. The molecule has 0 aliphatic heterocycles. The molecule has 0 N–H and O–H groups in total. The Labute approximate surface area is 188 Å². The molecular weight excluding hydrogens is 445 g/mol. The molecule has 3 rings (SSSR count). The van der Waals surface area contributed by atoms with E-state index in [4.69, 9.17) is 27.9 Å². The standard InChI is InChI=1S/C21H21Cl2N3O3S/c1-4-25(5-2)14-8-6-13(7-9-14)20(28)24-21-26(12-17(27)29-3)19-16(30-21)11-10-15(22)18(19)23/h6-11H,4-5,12H2,1-3H3. The molecule has 0 saturated carbocycles. The highest BCUT2D eigenvalue weighted by Crippen LogP contribution is 2.32. The van der Waals surface area contributed by atoms with E-state index in [-0.39, 0.29) is 6.54 Å². The number of methoxy groups -OCH3 is 1. The number of ether oxygens (including phenoxy) is 1. The molecule has 0 saturated heterocycles. The maximum Gasteiger partial charge on any atom is 0.325 e. The molecule has 0 spiro atoms. The van der Waals surface area contributed by atoms with Crippen LogP contribution in [-0.4, -0.2) is 36.6 Å². The number of amides is 1. The highest BCUT2D eigenvalue weighted by atomic mass is 35.5. The Balaban J connectivity index is 2.06. The predicted molar refractivity (Wildman–Crippen MR) is 122 cm³/mol. The molecule has 0 fully saturated rings. The van der Waals surface area contributed by atoms with E-state index < -0.39 is 11.9 Å². The topological polar surface area (TPSA) is 63.9 Å². The summed E-state index contributed by atoms with van der Waals surface area (Å²) in [5, 5.41) is 0.650. The molecule has 0 radical (unpaired) electrons. The lowest BCUT2D eigenvalue weighted by Crippen LogP contribution is -2.23. The smallest absolute Gasteiger partial charge is 0.325 e. The van der Waals surface area contributed by atoms with Gasteiger partial charge in [0, 0.05) is 24.3 Å². The molecule has 1 aromatic heterocycles. The van der Waals surface area contributed by atoms with Crippen LogP contribution >= 0.6 is 34.5 Å². The lowest BCUT2D eigenvalue weighted by atomic mass is 10.2. The molecule has 30 heavy (non-hydrogen) atoms. The lowest BCUT2D eigenvalue weighted by molar-refractivity contribution is -0.141. The molecule has 1 amide bonds. The number of hydrogen-bond donors (Lipinski definition) is 0. The molecule has 0 atom stereocenters. The molecule has 0 aliphatic rings. The molecule has 9 heteroatoms. The first-order valence-electron chi connectivity index (χ1n) is 9.37. The summed E-state index contributed by atoms with van der Waals surface area (Å²) in [5.74, 6) is -0.892. The van der Waals surface area contributed by atoms with Gasteiger partial charge in [-0.3, -0.25) is 9.59 Å². The van der Waals surface area contributed by atoms with Gasteiger partial charge in [-0.05, 0) is 50.2 Å². The number of nitrogens with zero attached hydrogens (tertiary/aromatic N) is 3. The van der Waals surface area contributed by atoms with Crippen molar-refractivity contribution in [3.8, 4) is 0 Å². The normalized spacial score (nSPS) is 11.7. The molecule has 6 nitrogen and oxygen atoms in total. The summed E-state index contributed by atoms with van der Waals surface area (Å²) in [6, 6.07) is 10.8. The van der Waals surface area contributed by atoms with Crippen LogP contribution in [0.1, 0.15) is 24.2 Å². The third-order valence-electron chi connectivity index (χ3n) is 4.69. The number of carbonyl (C=O) groups is 2. The largest absolute Gasteiger partial charge is 0.468 e. The van der Waals surface area contributed by atoms with Gasteiger partial charge in [0.15, 0.2) is 4.80 Å². The summed E-state index contributed by atoms with van der Waals surface area (Å²) in [4.78, 5) is 31.5. The van der Waals surface area contributed by atoms with Crippen molar-refractivity contribution in [2.24, 2.45) is 4.99 Å². The average molecular weight is 466 g/mol. The fourth-order valence-corrected chi connectivity index (χ4v) is 4.60. The number of hydrogen-bond acceptors (Lipinski definition) is 5. The minimum absolute atomic E-state index is 0.135. The Morgan fingerprint density at radius 3 is 2.37 bits per heavy atom. The third kappa shape index (κ3) is 4.53. The van der Waals surface area contributed by atoms with Crippen molar-refractivity contribution in [3.05, 3.63) is 56.8 Å². The zero-order valence-electron chi connectivity index (χ0n) is 16.8. The van der Waals surface area contributed by atoms with Gasteiger partial charge in [-0.15, -0.1) is 0 Å². The van der Waals surface area contributed by atoms with Crippen molar-refractivity contribution in [3.63, 3.8) is 0 Å². The number of fused-ring (bicyclic) bond motifs is 1. The van der Waals surface area contributed by atoms with E-state index in [0.717, 1.165) is 23.5 Å². The van der Waals surface area contributed by atoms with Crippen LogP contribution in [0.15, 0.2) is 41.4 Å². The van der Waals surface area contributed by atoms with Crippen LogP contribution in [0.3, 0.4) is 0 Å². The summed E-state index contributed by atoms with van der Waals surface area (Å²) >= 11 is 13.8. The van der Waals surface area contributed by atoms with Gasteiger partial charge in [-0.25, -0.2) is 0 Å². The van der Waals surface area contributed by atoms with Gasteiger partial charge in [0.2, 0.25) is 0 Å². The summed E-state index contributed by atoms with van der Waals surface area (Å²) in [6.07, 6.45) is 0. The van der Waals surface area contributed by atoms with E-state index in [1.165, 1.54) is 18.4 Å². The Morgan fingerprint density at radius 1 is 1.10 bits per heavy atom. The molecule has 3 aromatic rings. The molecule has 0 bridgehead atoms. The van der Waals surface area contributed by atoms with Gasteiger partial charge >= 0.3 is 5.97 Å². The van der Waals surface area contributed by atoms with Gasteiger partial charge in [0.05, 0.1) is 27.4 Å². The average Bonchev–Trinajstić information content (AvgIpc) is 3.09. The zero-order valence-corrected chi connectivity index (χ0v) is 19.1. The molecule has 2 aromatic carbocycles. The van der Waals surface area contributed by atoms with Crippen molar-refractivity contribution in [1.82, 2.24) is 4.57 Å². The van der Waals surface area contributed by atoms with Gasteiger partial charge in [-0.2, -0.15) is 4.99 Å². The van der Waals surface area contributed by atoms with Crippen LogP contribution < -0.4 is 9.70 Å². The SMILES string of the molecule is CCN(CC)c1ccc(C(=O)N=c2sc3ccc(Cl)c(Cl)c3n2CC(=O)OC)cc1. The summed E-state index contributed by atoms with van der Waals surface area (Å²) in [7, 11) is 1.30. The number of carbonyl (C=O) groups excluding carboxylic acids is 2. The molecule has 158 valence electrons. The number of esters is 1. The maximum absolute atomic E-state index is 12.8. The minimum Gasteiger partial charge on any atom is -0.468 e. The van der Waals surface area contributed by atoms with E-state index in [2.05, 4.69) is 23.7 Å². The first kappa shape index (κ1) is 22.3. The van der Waals surface area contributed by atoms with E-state index in [1.807, 2.05) is 12.1 Å². The van der Waals surface area contributed by atoms with E-state index in [0.29, 0.717) is 25.9 Å². The van der Waals surface area contributed by atoms with Gasteiger partial charge in [0.1, 0.15) is 6.54 Å². The van der Waals surface area contributed by atoms with Gasteiger partial charge in [-0.1, -0.05) is 34.5 Å². The second-order valence-electron chi connectivity index (χ2n) is 6.39. The molecule has 0 aliphatic carbocycles. The van der Waals surface area contributed by atoms with Crippen molar-refractivity contribution in [2.75, 3.05) is 25.1 Å². The summed E-state index contributed by atoms with van der Waals surface area (Å²) in [6.45, 7) is 5.79. The summed E-state index contributed by atoms with van der Waals surface area (Å²) in [5.41, 5.74) is 2.04. The van der Waals surface area contributed by atoms with Crippen LogP contribution in [0.2, 0.25) is 10.0 Å². The third-order valence-corrected chi connectivity index (χ3v) is 6.53. The number of benzene rings is 2. The van der Waals surface area contributed by atoms with Crippen molar-refractivity contribution >= 4 is 62.3 Å². The Hall–Kier alpha value is -2.35. The number of halogens is 2. The quantitative estimate of drug-likeness (QED) is 0.491. The monoisotopic (exact) mass is 465 g/mol. The second-order valence-corrected chi connectivity index (χ2v) is 8.19. The van der Waals surface area contributed by atoms with Crippen molar-refractivity contribution in [1.29, 1.82) is 0 Å². The number of aromatic nitrogens is 1. The minimum atomic E-state index is -0.483. The van der Waals surface area contributed by atoms with Crippen LogP contribution in [0.4, 0.5) is 5.69 Å². The van der Waals surface area contributed by atoms with Crippen LogP contribution in [-0.2, 0) is 16.1 Å². The van der Waals surface area contributed by atoms with Gasteiger partial charge < -0.3 is 14.2 Å². The molecule has 0 unspecified atom stereocenters. The van der Waals surface area contributed by atoms with E-state index >= 15 is 0 Å². The zero-order chi connectivity index (χ0) is 21.8. The maximum atomic E-state index is 12.8. The van der Waals surface area contributed by atoms with Crippen molar-refractivity contribution in [2.45, 2.75) is 20.4 Å². The van der Waals surface area contributed by atoms with E-state index in [9.17, 15) is 9.59 Å². The first-order chi connectivity index (χ1) is 14.4. The number of thiazole rings is 1. The Bertz CT molecular complexity index is 1150. The van der Waals surface area contributed by atoms with E-state index in [1.54, 1.807) is 28.8 Å². The fraction of sp³-hybridized carbons (Fsp3) is 0.286. The Kier molecular flexibility index (Phi) is 7.18. The van der Waals surface area contributed by atoms with Gasteiger partial charge in [0.25, 0.3) is 5.91 Å². The molecular formula is C21H21Cl2N3O3S. The number of anilines is 1. The highest BCUT2D eigenvalue weighted by molar-refractivity contribution is 7.16. The number of rotatable bonds is 6. The van der Waals surface area contributed by atoms with Crippen molar-refractivity contribution < 1.29 is 14.3 Å².